The lowest BCUT2D eigenvalue weighted by molar-refractivity contribution is 0.436. The quantitative estimate of drug-likeness (QED) is 0.176. The van der Waals surface area contributed by atoms with Crippen LogP contribution >= 0.6 is 0 Å². The Bertz CT molecular complexity index is 4440. The fraction of sp³-hybridized carbons (Fsp3) is 0.0156. The number of hydrogen-bond acceptors (Lipinski definition) is 4. The minimum atomic E-state index is -0.716. The molecule has 330 valence electrons. The summed E-state index contributed by atoms with van der Waals surface area (Å²) < 4.78 is 14.3. The number of rotatable bonds is 4. The van der Waals surface area contributed by atoms with E-state index in [0.717, 1.165) is 106 Å². The van der Waals surface area contributed by atoms with E-state index in [9.17, 15) is 0 Å². The maximum absolute atomic E-state index is 7.27. The molecule has 1 aliphatic heterocycles. The first-order valence-electron chi connectivity index (χ1n) is 24.1. The molecule has 6 aromatic heterocycles. The van der Waals surface area contributed by atoms with Crippen LogP contribution < -0.4 is 4.74 Å². The van der Waals surface area contributed by atoms with E-state index < -0.39 is 5.41 Å². The first-order chi connectivity index (χ1) is 35.2. The van der Waals surface area contributed by atoms with Crippen LogP contribution in [0.25, 0.3) is 105 Å². The van der Waals surface area contributed by atoms with Gasteiger partial charge in [-0.25, -0.2) is 4.98 Å². The highest BCUT2D eigenvalue weighted by Gasteiger charge is 2.52. The molecule has 0 atom stereocenters. The highest BCUT2D eigenvalue weighted by atomic mass is 16.5. The Labute approximate surface area is 406 Å². The van der Waals surface area contributed by atoms with Crippen LogP contribution in [-0.4, -0.2) is 28.7 Å². The van der Waals surface area contributed by atoms with Gasteiger partial charge in [0.25, 0.3) is 0 Å². The Morgan fingerprint density at radius 1 is 0.310 bits per heavy atom. The van der Waals surface area contributed by atoms with Crippen LogP contribution in [0.1, 0.15) is 22.3 Å². The summed E-state index contributed by atoms with van der Waals surface area (Å²) in [4.78, 5) is 15.0. The van der Waals surface area contributed by atoms with Gasteiger partial charge in [-0.3, -0.25) is 14.5 Å². The molecule has 2 aliphatic rings. The average molecular weight is 907 g/mol. The van der Waals surface area contributed by atoms with Gasteiger partial charge in [0, 0.05) is 79.9 Å². The Balaban J connectivity index is 0.874. The zero-order valence-corrected chi connectivity index (χ0v) is 38.0. The molecule has 0 saturated heterocycles. The van der Waals surface area contributed by atoms with Crippen molar-refractivity contribution in [2.45, 2.75) is 5.41 Å². The van der Waals surface area contributed by atoms with Crippen LogP contribution in [0.4, 0.5) is 0 Å². The number of para-hydroxylation sites is 5. The SMILES string of the molecule is c1cnc2c(c1)C1(c3ccc(-c4ccc5c(c4)c4ccccc4n5-c4cc(-n5c6ccccc6c6ccccc65)ccn4)cc3Oc3cc(-n4c5ccccc5c5ccccc54)ccc31)c1cccnc1-2. The lowest BCUT2D eigenvalue weighted by atomic mass is 9.66. The molecule has 1 spiro atoms. The second-order valence-corrected chi connectivity index (χ2v) is 18.7. The molecule has 0 amide bonds. The molecule has 0 fully saturated rings. The number of fused-ring (bicyclic) bond motifs is 18. The lowest BCUT2D eigenvalue weighted by Gasteiger charge is -2.39. The summed E-state index contributed by atoms with van der Waals surface area (Å²) in [5.74, 6) is 2.46. The number of benzene rings is 8. The highest BCUT2D eigenvalue weighted by molar-refractivity contribution is 6.12. The molecule has 14 aromatic rings. The number of nitrogens with zero attached hydrogens (tertiary/aromatic N) is 6. The van der Waals surface area contributed by atoms with Crippen molar-refractivity contribution in [1.82, 2.24) is 28.7 Å². The number of pyridine rings is 3. The first kappa shape index (κ1) is 38.4. The van der Waals surface area contributed by atoms with Crippen molar-refractivity contribution < 1.29 is 4.74 Å². The Kier molecular flexibility index (Phi) is 7.69. The lowest BCUT2D eigenvalue weighted by Crippen LogP contribution is -2.32. The van der Waals surface area contributed by atoms with Gasteiger partial charge in [0.1, 0.15) is 17.3 Å². The average Bonchev–Trinajstić information content (AvgIpc) is 4.15. The van der Waals surface area contributed by atoms with Gasteiger partial charge in [-0.05, 0) is 95.1 Å². The van der Waals surface area contributed by atoms with Gasteiger partial charge < -0.3 is 13.9 Å². The maximum Gasteiger partial charge on any atom is 0.139 e. The summed E-state index contributed by atoms with van der Waals surface area (Å²) in [5, 5.41) is 7.20. The molecule has 7 nitrogen and oxygen atoms in total. The van der Waals surface area contributed by atoms with Crippen LogP contribution in [0, 0.1) is 0 Å². The molecule has 1 aliphatic carbocycles. The maximum atomic E-state index is 7.27. The smallest absolute Gasteiger partial charge is 0.139 e. The van der Waals surface area contributed by atoms with Crippen LogP contribution in [0.2, 0.25) is 0 Å². The van der Waals surface area contributed by atoms with Crippen LogP contribution in [0.3, 0.4) is 0 Å². The van der Waals surface area contributed by atoms with Crippen molar-refractivity contribution in [2.75, 3.05) is 0 Å². The Morgan fingerprint density at radius 2 is 0.761 bits per heavy atom. The van der Waals surface area contributed by atoms with Crippen molar-refractivity contribution in [3.63, 3.8) is 0 Å². The van der Waals surface area contributed by atoms with Gasteiger partial charge in [-0.15, -0.1) is 0 Å². The minimum absolute atomic E-state index is 0.716. The van der Waals surface area contributed by atoms with Crippen LogP contribution in [-0.2, 0) is 5.41 Å². The summed E-state index contributed by atoms with van der Waals surface area (Å²) in [6.07, 6.45) is 5.68. The van der Waals surface area contributed by atoms with E-state index in [0.29, 0.717) is 0 Å². The minimum Gasteiger partial charge on any atom is -0.457 e. The summed E-state index contributed by atoms with van der Waals surface area (Å²) >= 11 is 0. The standard InChI is InChI=1S/C64H38N6O/c1-6-20-53-43(13-1)44-14-2-7-21-54(44)68(53)41-27-29-50-60(37-41)71-59-36-40(25-28-49(59)64(50)51-18-11-32-66-62(51)63-52(64)19-12-33-67-63)39-26-30-58-48(35-39)47-17-5-10-24-57(47)70(58)61-38-42(31-34-65-61)69-55-22-8-3-15-45(55)46-16-4-9-23-56(46)69/h1-38H. The molecular weight excluding hydrogens is 869 g/mol. The van der Waals surface area contributed by atoms with E-state index in [2.05, 4.69) is 214 Å². The van der Waals surface area contributed by atoms with Crippen molar-refractivity contribution in [1.29, 1.82) is 0 Å². The monoisotopic (exact) mass is 906 g/mol. The van der Waals surface area contributed by atoms with Gasteiger partial charge in [0.2, 0.25) is 0 Å². The molecule has 0 bridgehead atoms. The largest absolute Gasteiger partial charge is 0.457 e. The molecular formula is C64H38N6O. The summed E-state index contributed by atoms with van der Waals surface area (Å²) in [6.45, 7) is 0. The molecule has 0 unspecified atom stereocenters. The molecule has 71 heavy (non-hydrogen) atoms. The second-order valence-electron chi connectivity index (χ2n) is 18.7. The third-order valence-corrected chi connectivity index (χ3v) is 15.3. The third-order valence-electron chi connectivity index (χ3n) is 15.3. The third kappa shape index (κ3) is 5.13. The molecule has 7 heteroatoms. The molecule has 7 heterocycles. The molecule has 0 saturated carbocycles. The summed E-state index contributed by atoms with van der Waals surface area (Å²) in [5.41, 5.74) is 16.4. The Morgan fingerprint density at radius 3 is 1.34 bits per heavy atom. The number of aromatic nitrogens is 6. The fourth-order valence-corrected chi connectivity index (χ4v) is 12.4. The molecule has 0 radical (unpaired) electrons. The van der Waals surface area contributed by atoms with Gasteiger partial charge in [-0.2, -0.15) is 0 Å². The first-order valence-corrected chi connectivity index (χ1v) is 24.1. The van der Waals surface area contributed by atoms with E-state index in [-0.39, 0.29) is 0 Å². The molecule has 0 N–H and O–H groups in total. The number of ether oxygens (including phenoxy) is 1. The van der Waals surface area contributed by atoms with E-state index in [4.69, 9.17) is 19.7 Å². The van der Waals surface area contributed by atoms with Crippen LogP contribution in [0.5, 0.6) is 11.5 Å². The highest BCUT2D eigenvalue weighted by Crippen LogP contribution is 2.62. The fourth-order valence-electron chi connectivity index (χ4n) is 12.4. The van der Waals surface area contributed by atoms with Crippen molar-refractivity contribution in [3.8, 4) is 51.2 Å². The topological polar surface area (TPSA) is 62.7 Å². The van der Waals surface area contributed by atoms with Crippen molar-refractivity contribution in [3.05, 3.63) is 253 Å². The summed E-state index contributed by atoms with van der Waals surface area (Å²) in [6, 6.07) is 76.3. The van der Waals surface area contributed by atoms with Gasteiger partial charge in [0.15, 0.2) is 0 Å². The van der Waals surface area contributed by atoms with Gasteiger partial charge >= 0.3 is 0 Å². The van der Waals surface area contributed by atoms with Gasteiger partial charge in [-0.1, -0.05) is 127 Å². The van der Waals surface area contributed by atoms with E-state index in [1.54, 1.807) is 0 Å². The van der Waals surface area contributed by atoms with Crippen molar-refractivity contribution in [2.24, 2.45) is 0 Å². The molecule has 16 rings (SSSR count). The van der Waals surface area contributed by atoms with E-state index >= 15 is 0 Å². The van der Waals surface area contributed by atoms with Gasteiger partial charge in [0.05, 0.1) is 55.6 Å². The van der Waals surface area contributed by atoms with E-state index in [1.807, 2.05) is 30.7 Å². The van der Waals surface area contributed by atoms with Crippen LogP contribution in [0.15, 0.2) is 231 Å². The zero-order valence-electron chi connectivity index (χ0n) is 38.0. The Hall–Kier alpha value is -9.59. The normalized spacial score (nSPS) is 13.3. The van der Waals surface area contributed by atoms with Crippen molar-refractivity contribution >= 4 is 65.4 Å². The zero-order chi connectivity index (χ0) is 46.4. The molecule has 8 aromatic carbocycles. The summed E-state index contributed by atoms with van der Waals surface area (Å²) in [7, 11) is 0. The van der Waals surface area contributed by atoms with E-state index in [1.165, 1.54) is 32.6 Å². The predicted octanol–water partition coefficient (Wildman–Crippen LogP) is 15.3. The number of hydrogen-bond donors (Lipinski definition) is 0. The second kappa shape index (κ2) is 14.2. The predicted molar refractivity (Wildman–Crippen MR) is 286 cm³/mol.